The van der Waals surface area contributed by atoms with E-state index in [1.54, 1.807) is 36.6 Å². The zero-order valence-electron chi connectivity index (χ0n) is 13.6. The van der Waals surface area contributed by atoms with Crippen LogP contribution in [-0.2, 0) is 4.79 Å². The average Bonchev–Trinajstić information content (AvgIpc) is 3.08. The summed E-state index contributed by atoms with van der Waals surface area (Å²) in [7, 11) is 1.54. The smallest absolute Gasteiger partial charge is 0.255 e. The molecule has 3 N–H and O–H groups in total. The van der Waals surface area contributed by atoms with Gasteiger partial charge in [0.1, 0.15) is 5.75 Å². The Balaban J connectivity index is 1.95. The maximum absolute atomic E-state index is 13.0. The molecule has 1 amide bonds. The number of nitrogens with one attached hydrogen (secondary N) is 3. The molecule has 1 aromatic heterocycles. The summed E-state index contributed by atoms with van der Waals surface area (Å²) in [6.45, 7) is 1.83. The number of amides is 1. The summed E-state index contributed by atoms with van der Waals surface area (Å²) in [5.74, 6) is 0.287. The lowest BCUT2D eigenvalue weighted by molar-refractivity contribution is -0.113. The van der Waals surface area contributed by atoms with Crippen molar-refractivity contribution in [2.45, 2.75) is 13.0 Å². The van der Waals surface area contributed by atoms with Gasteiger partial charge in [-0.05, 0) is 48.8 Å². The van der Waals surface area contributed by atoms with Gasteiger partial charge in [0.05, 0.1) is 24.4 Å². The van der Waals surface area contributed by atoms with Crippen LogP contribution in [0.2, 0.25) is 5.02 Å². The van der Waals surface area contributed by atoms with Gasteiger partial charge in [0.2, 0.25) is 0 Å². The van der Waals surface area contributed by atoms with Gasteiger partial charge in [-0.25, -0.2) is 0 Å². The Kier molecular flexibility index (Phi) is 5.27. The first-order valence-electron chi connectivity index (χ1n) is 7.46. The predicted octanol–water partition coefficient (Wildman–Crippen LogP) is 3.84. The molecule has 1 unspecified atom stereocenters. The summed E-state index contributed by atoms with van der Waals surface area (Å²) < 4.78 is 5.29. The third-order valence-corrected chi connectivity index (χ3v) is 5.14. The van der Waals surface area contributed by atoms with Crippen LogP contribution in [0.3, 0.4) is 0 Å². The zero-order chi connectivity index (χ0) is 18.0. The topological polar surface area (TPSA) is 62.4 Å². The highest BCUT2D eigenvalue weighted by atomic mass is 35.5. The highest BCUT2D eigenvalue weighted by molar-refractivity contribution is 7.80. The van der Waals surface area contributed by atoms with Crippen LogP contribution in [0.15, 0.2) is 47.0 Å². The standard InChI is InChI=1S/C17H16ClN3O2S2/c1-9-14(15(21-17(24)19-9)13-4-3-7-25-13)16(22)20-11-8-10(18)5-6-12(11)23-2/h3-8,15H,1-2H3,(H,20,22)(H2,19,21,24). The number of hydrogen-bond acceptors (Lipinski definition) is 4. The minimum atomic E-state index is -0.307. The number of carbonyl (C=O) groups excluding carboxylic acids is 1. The molecule has 0 aliphatic carbocycles. The summed E-state index contributed by atoms with van der Waals surface area (Å²) in [5, 5.41) is 12.0. The Hall–Kier alpha value is -2.09. The lowest BCUT2D eigenvalue weighted by atomic mass is 10.0. The van der Waals surface area contributed by atoms with Crippen molar-refractivity contribution in [3.05, 3.63) is 56.9 Å². The number of thiocarbonyl (C=S) groups is 1. The minimum Gasteiger partial charge on any atom is -0.495 e. The fourth-order valence-electron chi connectivity index (χ4n) is 2.63. The lowest BCUT2D eigenvalue weighted by Crippen LogP contribution is -2.45. The highest BCUT2D eigenvalue weighted by Gasteiger charge is 2.30. The molecule has 3 rings (SSSR count). The summed E-state index contributed by atoms with van der Waals surface area (Å²) in [4.78, 5) is 14.0. The van der Waals surface area contributed by atoms with Crippen molar-refractivity contribution < 1.29 is 9.53 Å². The van der Waals surface area contributed by atoms with E-state index >= 15 is 0 Å². The van der Waals surface area contributed by atoms with Crippen LogP contribution >= 0.6 is 35.2 Å². The molecule has 1 aliphatic heterocycles. The molecule has 1 aromatic carbocycles. The van der Waals surface area contributed by atoms with Crippen molar-refractivity contribution in [1.29, 1.82) is 0 Å². The summed E-state index contributed by atoms with van der Waals surface area (Å²) in [5.41, 5.74) is 1.79. The second kappa shape index (κ2) is 7.43. The Morgan fingerprint density at radius 1 is 1.40 bits per heavy atom. The first-order chi connectivity index (χ1) is 12.0. The molecule has 2 heterocycles. The van der Waals surface area contributed by atoms with E-state index in [4.69, 9.17) is 28.6 Å². The second-order valence-corrected chi connectivity index (χ2v) is 7.21. The van der Waals surface area contributed by atoms with E-state index < -0.39 is 0 Å². The number of allylic oxidation sites excluding steroid dienone is 1. The predicted molar refractivity (Wildman–Crippen MR) is 105 cm³/mol. The SMILES string of the molecule is COc1ccc(Cl)cc1NC(=O)C1=C(C)NC(=S)NC1c1cccs1. The molecule has 0 spiro atoms. The van der Waals surface area contributed by atoms with Crippen LogP contribution < -0.4 is 20.7 Å². The van der Waals surface area contributed by atoms with Gasteiger partial charge in [0.25, 0.3) is 5.91 Å². The quantitative estimate of drug-likeness (QED) is 0.689. The van der Waals surface area contributed by atoms with E-state index in [9.17, 15) is 4.79 Å². The van der Waals surface area contributed by atoms with Crippen molar-refractivity contribution in [2.24, 2.45) is 0 Å². The van der Waals surface area contributed by atoms with E-state index in [0.29, 0.717) is 32.8 Å². The van der Waals surface area contributed by atoms with Gasteiger partial charge in [-0.2, -0.15) is 0 Å². The van der Waals surface area contributed by atoms with E-state index in [1.165, 1.54) is 0 Å². The van der Waals surface area contributed by atoms with Crippen LogP contribution in [0, 0.1) is 0 Å². The number of benzene rings is 1. The fraction of sp³-hybridized carbons (Fsp3) is 0.176. The van der Waals surface area contributed by atoms with Crippen LogP contribution in [0.25, 0.3) is 0 Å². The van der Waals surface area contributed by atoms with E-state index in [1.807, 2.05) is 24.4 Å². The van der Waals surface area contributed by atoms with Crippen molar-refractivity contribution in [3.8, 4) is 5.75 Å². The molecule has 5 nitrogen and oxygen atoms in total. The maximum Gasteiger partial charge on any atom is 0.255 e. The molecule has 8 heteroatoms. The fourth-order valence-corrected chi connectivity index (χ4v) is 3.86. The molecular weight excluding hydrogens is 378 g/mol. The van der Waals surface area contributed by atoms with Crippen LogP contribution in [-0.4, -0.2) is 18.1 Å². The normalized spacial score (nSPS) is 16.9. The molecular formula is C17H16ClN3O2S2. The number of anilines is 1. The number of ether oxygens (including phenoxy) is 1. The van der Waals surface area contributed by atoms with Gasteiger partial charge in [0.15, 0.2) is 5.11 Å². The number of thiophene rings is 1. The van der Waals surface area contributed by atoms with Gasteiger partial charge in [-0.15, -0.1) is 11.3 Å². The van der Waals surface area contributed by atoms with Gasteiger partial charge >= 0.3 is 0 Å². The largest absolute Gasteiger partial charge is 0.495 e. The summed E-state index contributed by atoms with van der Waals surface area (Å²) >= 11 is 12.8. The van der Waals surface area contributed by atoms with Gasteiger partial charge in [-0.3, -0.25) is 4.79 Å². The number of hydrogen-bond donors (Lipinski definition) is 3. The molecule has 0 saturated carbocycles. The number of methoxy groups -OCH3 is 1. The minimum absolute atomic E-state index is 0.251. The average molecular weight is 394 g/mol. The molecule has 0 saturated heterocycles. The molecule has 0 fully saturated rings. The molecule has 1 atom stereocenters. The molecule has 0 radical (unpaired) electrons. The van der Waals surface area contributed by atoms with Crippen molar-refractivity contribution >= 4 is 51.9 Å². The number of halogens is 1. The number of rotatable bonds is 4. The van der Waals surface area contributed by atoms with Gasteiger partial charge in [-0.1, -0.05) is 17.7 Å². The third-order valence-electron chi connectivity index (χ3n) is 3.75. The first kappa shape index (κ1) is 17.7. The van der Waals surface area contributed by atoms with E-state index in [0.717, 1.165) is 4.88 Å². The molecule has 2 aromatic rings. The van der Waals surface area contributed by atoms with Crippen molar-refractivity contribution in [1.82, 2.24) is 10.6 Å². The molecule has 1 aliphatic rings. The van der Waals surface area contributed by atoms with Crippen molar-refractivity contribution in [2.75, 3.05) is 12.4 Å². The Labute approximate surface area is 160 Å². The van der Waals surface area contributed by atoms with Crippen molar-refractivity contribution in [3.63, 3.8) is 0 Å². The maximum atomic E-state index is 13.0. The Bertz CT molecular complexity index is 850. The monoisotopic (exact) mass is 393 g/mol. The highest BCUT2D eigenvalue weighted by Crippen LogP contribution is 2.33. The van der Waals surface area contributed by atoms with Crippen LogP contribution in [0.1, 0.15) is 17.8 Å². The summed E-state index contributed by atoms with van der Waals surface area (Å²) in [6.07, 6.45) is 0. The van der Waals surface area contributed by atoms with E-state index in [-0.39, 0.29) is 11.9 Å². The first-order valence-corrected chi connectivity index (χ1v) is 9.12. The van der Waals surface area contributed by atoms with Crippen LogP contribution in [0.4, 0.5) is 5.69 Å². The Morgan fingerprint density at radius 2 is 2.20 bits per heavy atom. The summed E-state index contributed by atoms with van der Waals surface area (Å²) in [6, 6.07) is 8.68. The van der Waals surface area contributed by atoms with E-state index in [2.05, 4.69) is 16.0 Å². The molecule has 130 valence electrons. The zero-order valence-corrected chi connectivity index (χ0v) is 15.9. The van der Waals surface area contributed by atoms with Crippen LogP contribution in [0.5, 0.6) is 5.75 Å². The second-order valence-electron chi connectivity index (χ2n) is 5.38. The lowest BCUT2D eigenvalue weighted by Gasteiger charge is -2.29. The third kappa shape index (κ3) is 3.78. The number of carbonyl (C=O) groups is 1. The molecule has 0 bridgehead atoms. The Morgan fingerprint density at radius 3 is 2.88 bits per heavy atom. The van der Waals surface area contributed by atoms with Gasteiger partial charge < -0.3 is 20.7 Å². The van der Waals surface area contributed by atoms with Gasteiger partial charge in [0, 0.05) is 15.6 Å². The molecule has 25 heavy (non-hydrogen) atoms.